The average Bonchev–Trinajstić information content (AvgIpc) is 3.26. The molecule has 7 nitrogen and oxygen atoms in total. The zero-order chi connectivity index (χ0) is 18.3. The Labute approximate surface area is 143 Å². The average molecular weight is 342 g/mol. The maximum Gasteiger partial charge on any atom is 0.338 e. The molecule has 0 aromatic carbocycles. The Morgan fingerprint density at radius 1 is 1.08 bits per heavy atom. The zero-order valence-corrected chi connectivity index (χ0v) is 15.3. The molecule has 0 radical (unpaired) electrons. The highest BCUT2D eigenvalue weighted by atomic mass is 16.6. The molecule has 0 saturated carbocycles. The standard InChI is InChI=1S/C17H30N2O5/c1-6-23-17(22)14-13(24-14)16(21)19-12(9-11(4)5)15(20)18-8-7-10(2)3/h10-14H,6-9H2,1-5H3,(H,18,20)(H,19,21)/t12-,13+,14-/m0/s1. The van der Waals surface area contributed by atoms with Crippen molar-refractivity contribution in [3.8, 4) is 0 Å². The maximum absolute atomic E-state index is 12.3. The van der Waals surface area contributed by atoms with Crippen LogP contribution in [0, 0.1) is 11.8 Å². The van der Waals surface area contributed by atoms with E-state index in [9.17, 15) is 14.4 Å². The van der Waals surface area contributed by atoms with Crippen LogP contribution in [0.15, 0.2) is 0 Å². The molecule has 138 valence electrons. The number of nitrogens with one attached hydrogen (secondary N) is 2. The summed E-state index contributed by atoms with van der Waals surface area (Å²) >= 11 is 0. The largest absolute Gasteiger partial charge is 0.464 e. The molecule has 0 aromatic heterocycles. The Morgan fingerprint density at radius 2 is 1.75 bits per heavy atom. The molecule has 1 fully saturated rings. The number of carbonyl (C=O) groups is 3. The summed E-state index contributed by atoms with van der Waals surface area (Å²) in [6, 6.07) is -0.628. The summed E-state index contributed by atoms with van der Waals surface area (Å²) in [6.07, 6.45) is -0.309. The van der Waals surface area contributed by atoms with Gasteiger partial charge in [0.2, 0.25) is 5.91 Å². The van der Waals surface area contributed by atoms with E-state index in [-0.39, 0.29) is 18.4 Å². The van der Waals surface area contributed by atoms with Crippen molar-refractivity contribution in [1.29, 1.82) is 0 Å². The van der Waals surface area contributed by atoms with Crippen molar-refractivity contribution in [2.24, 2.45) is 11.8 Å². The molecule has 1 heterocycles. The number of carbonyl (C=O) groups excluding carboxylic acids is 3. The molecule has 0 spiro atoms. The van der Waals surface area contributed by atoms with Gasteiger partial charge in [-0.05, 0) is 31.6 Å². The van der Waals surface area contributed by atoms with Gasteiger partial charge in [0.05, 0.1) is 6.61 Å². The first-order valence-corrected chi connectivity index (χ1v) is 8.66. The number of hydrogen-bond acceptors (Lipinski definition) is 5. The van der Waals surface area contributed by atoms with E-state index in [0.29, 0.717) is 18.9 Å². The molecule has 1 aliphatic rings. The SMILES string of the molecule is CCOC(=O)[C@H]1O[C@H]1C(=O)N[C@@H](CC(C)C)C(=O)NCCC(C)C. The maximum atomic E-state index is 12.3. The van der Waals surface area contributed by atoms with Gasteiger partial charge in [-0.2, -0.15) is 0 Å². The number of ether oxygens (including phenoxy) is 2. The van der Waals surface area contributed by atoms with E-state index in [2.05, 4.69) is 24.5 Å². The van der Waals surface area contributed by atoms with Crippen LogP contribution in [0.5, 0.6) is 0 Å². The molecule has 1 aliphatic heterocycles. The lowest BCUT2D eigenvalue weighted by Crippen LogP contribution is -2.49. The Kier molecular flexibility index (Phi) is 8.18. The highest BCUT2D eigenvalue weighted by Gasteiger charge is 2.52. The smallest absolute Gasteiger partial charge is 0.338 e. The fraction of sp³-hybridized carbons (Fsp3) is 0.824. The van der Waals surface area contributed by atoms with Crippen molar-refractivity contribution in [2.75, 3.05) is 13.2 Å². The van der Waals surface area contributed by atoms with Gasteiger partial charge in [-0.3, -0.25) is 9.59 Å². The second-order valence-electron chi connectivity index (χ2n) is 6.89. The number of rotatable bonds is 10. The van der Waals surface area contributed by atoms with Gasteiger partial charge in [-0.1, -0.05) is 27.7 Å². The van der Waals surface area contributed by atoms with Gasteiger partial charge >= 0.3 is 5.97 Å². The normalized spacial score (nSPS) is 20.6. The van der Waals surface area contributed by atoms with E-state index in [1.54, 1.807) is 6.92 Å². The van der Waals surface area contributed by atoms with Gasteiger partial charge < -0.3 is 20.1 Å². The van der Waals surface area contributed by atoms with Crippen LogP contribution < -0.4 is 10.6 Å². The molecule has 0 bridgehead atoms. The Balaban J connectivity index is 2.52. The van der Waals surface area contributed by atoms with Crippen molar-refractivity contribution >= 4 is 17.8 Å². The third-order valence-electron chi connectivity index (χ3n) is 3.63. The fourth-order valence-corrected chi connectivity index (χ4v) is 2.28. The minimum Gasteiger partial charge on any atom is -0.464 e. The number of amides is 2. The predicted octanol–water partition coefficient (Wildman–Crippen LogP) is 1.01. The zero-order valence-electron chi connectivity index (χ0n) is 15.3. The third-order valence-corrected chi connectivity index (χ3v) is 3.63. The minimum atomic E-state index is -0.859. The Hall–Kier alpha value is -1.63. The van der Waals surface area contributed by atoms with Gasteiger partial charge in [-0.25, -0.2) is 4.79 Å². The van der Waals surface area contributed by atoms with Gasteiger partial charge in [0.25, 0.3) is 5.91 Å². The van der Waals surface area contributed by atoms with E-state index in [0.717, 1.165) is 6.42 Å². The van der Waals surface area contributed by atoms with Crippen molar-refractivity contribution in [3.63, 3.8) is 0 Å². The molecule has 1 saturated heterocycles. The summed E-state index contributed by atoms with van der Waals surface area (Å²) in [7, 11) is 0. The van der Waals surface area contributed by atoms with Crippen molar-refractivity contribution in [1.82, 2.24) is 10.6 Å². The number of esters is 1. The lowest BCUT2D eigenvalue weighted by atomic mass is 10.0. The van der Waals surface area contributed by atoms with Crippen LogP contribution in [0.25, 0.3) is 0 Å². The van der Waals surface area contributed by atoms with Gasteiger partial charge in [0, 0.05) is 6.54 Å². The van der Waals surface area contributed by atoms with Gasteiger partial charge in [0.1, 0.15) is 6.04 Å². The summed E-state index contributed by atoms with van der Waals surface area (Å²) in [5, 5.41) is 5.54. The van der Waals surface area contributed by atoms with E-state index in [1.165, 1.54) is 0 Å². The highest BCUT2D eigenvalue weighted by molar-refractivity contribution is 5.95. The van der Waals surface area contributed by atoms with Gasteiger partial charge in [-0.15, -0.1) is 0 Å². The van der Waals surface area contributed by atoms with Crippen LogP contribution in [0.4, 0.5) is 0 Å². The Bertz CT molecular complexity index is 450. The first-order valence-electron chi connectivity index (χ1n) is 8.66. The molecule has 24 heavy (non-hydrogen) atoms. The third kappa shape index (κ3) is 6.86. The molecule has 0 unspecified atom stereocenters. The molecule has 0 aromatic rings. The van der Waals surface area contributed by atoms with Crippen LogP contribution in [0.2, 0.25) is 0 Å². The summed E-state index contributed by atoms with van der Waals surface area (Å²) in [5.41, 5.74) is 0. The molecular formula is C17H30N2O5. The monoisotopic (exact) mass is 342 g/mol. The molecular weight excluding hydrogens is 312 g/mol. The number of hydrogen-bond donors (Lipinski definition) is 2. The Morgan fingerprint density at radius 3 is 2.29 bits per heavy atom. The number of epoxide rings is 1. The van der Waals surface area contributed by atoms with Gasteiger partial charge in [0.15, 0.2) is 12.2 Å². The molecule has 3 atom stereocenters. The predicted molar refractivity (Wildman–Crippen MR) is 89.1 cm³/mol. The van der Waals surface area contributed by atoms with E-state index >= 15 is 0 Å². The molecule has 2 amide bonds. The van der Waals surface area contributed by atoms with Crippen LogP contribution in [-0.2, 0) is 23.9 Å². The lowest BCUT2D eigenvalue weighted by Gasteiger charge is -2.20. The minimum absolute atomic E-state index is 0.203. The van der Waals surface area contributed by atoms with Crippen LogP contribution >= 0.6 is 0 Å². The van der Waals surface area contributed by atoms with E-state index in [4.69, 9.17) is 9.47 Å². The molecule has 7 heteroatoms. The van der Waals surface area contributed by atoms with Crippen molar-refractivity contribution < 1.29 is 23.9 Å². The molecule has 1 rings (SSSR count). The second kappa shape index (κ2) is 9.61. The topological polar surface area (TPSA) is 97.0 Å². The quantitative estimate of drug-likeness (QED) is 0.456. The van der Waals surface area contributed by atoms with Crippen LogP contribution in [-0.4, -0.2) is 49.2 Å². The first-order chi connectivity index (χ1) is 11.3. The second-order valence-corrected chi connectivity index (χ2v) is 6.89. The van der Waals surface area contributed by atoms with E-state index in [1.807, 2.05) is 13.8 Å². The fourth-order valence-electron chi connectivity index (χ4n) is 2.28. The molecule has 2 N–H and O–H groups in total. The lowest BCUT2D eigenvalue weighted by molar-refractivity contribution is -0.144. The summed E-state index contributed by atoms with van der Waals surface area (Å²) < 4.78 is 9.89. The van der Waals surface area contributed by atoms with Crippen molar-refractivity contribution in [3.05, 3.63) is 0 Å². The van der Waals surface area contributed by atoms with Crippen LogP contribution in [0.3, 0.4) is 0 Å². The first kappa shape index (κ1) is 20.4. The summed E-state index contributed by atoms with van der Waals surface area (Å²) in [5.74, 6) is -0.455. The highest BCUT2D eigenvalue weighted by Crippen LogP contribution is 2.24. The van der Waals surface area contributed by atoms with E-state index < -0.39 is 30.1 Å². The molecule has 0 aliphatic carbocycles. The summed E-state index contributed by atoms with van der Waals surface area (Å²) in [6.45, 7) is 10.6. The summed E-state index contributed by atoms with van der Waals surface area (Å²) in [4.78, 5) is 36.0. The van der Waals surface area contributed by atoms with Crippen molar-refractivity contribution in [2.45, 2.75) is 65.7 Å². The van der Waals surface area contributed by atoms with Crippen LogP contribution in [0.1, 0.15) is 47.5 Å².